The summed E-state index contributed by atoms with van der Waals surface area (Å²) in [6.45, 7) is 2.81. The third kappa shape index (κ3) is 3.87. The summed E-state index contributed by atoms with van der Waals surface area (Å²) in [5.41, 5.74) is 13.0. The number of hydrogen-bond donors (Lipinski definition) is 2. The molecular formula is C25H32Cl2N2O4. The molecule has 0 radical (unpaired) electrons. The van der Waals surface area contributed by atoms with E-state index in [1.165, 1.54) is 0 Å². The number of hydrogen-bond acceptors (Lipinski definition) is 6. The van der Waals surface area contributed by atoms with Crippen molar-refractivity contribution in [1.82, 2.24) is 0 Å². The van der Waals surface area contributed by atoms with Gasteiger partial charge in [-0.25, -0.2) is 0 Å². The van der Waals surface area contributed by atoms with Crippen molar-refractivity contribution in [3.05, 3.63) is 48.0 Å². The molecule has 8 unspecified atom stereocenters. The third-order valence-corrected chi connectivity index (χ3v) is 9.95. The van der Waals surface area contributed by atoms with Crippen LogP contribution < -0.4 is 11.5 Å². The number of epoxide rings is 4. The first-order chi connectivity index (χ1) is 15.8. The molecule has 4 saturated heterocycles. The molecule has 4 fully saturated rings. The molecule has 4 aliphatic heterocycles. The fourth-order valence-electron chi connectivity index (χ4n) is 6.05. The Bertz CT molecular complexity index is 916. The van der Waals surface area contributed by atoms with Crippen molar-refractivity contribution in [2.75, 3.05) is 26.4 Å². The number of rotatable bonds is 10. The topological polar surface area (TPSA) is 102 Å². The van der Waals surface area contributed by atoms with Gasteiger partial charge in [-0.2, -0.15) is 0 Å². The Kier molecular flexibility index (Phi) is 5.45. The first-order valence-electron chi connectivity index (χ1n) is 11.9. The maximum absolute atomic E-state index is 7.94. The molecule has 6 rings (SSSR count). The predicted molar refractivity (Wildman–Crippen MR) is 126 cm³/mol. The minimum Gasteiger partial charge on any atom is -0.373 e. The molecule has 1 aliphatic carbocycles. The van der Waals surface area contributed by atoms with Crippen molar-refractivity contribution in [3.63, 3.8) is 0 Å². The third-order valence-electron chi connectivity index (χ3n) is 8.27. The van der Waals surface area contributed by atoms with Gasteiger partial charge in [-0.1, -0.05) is 42.5 Å². The van der Waals surface area contributed by atoms with Crippen molar-refractivity contribution in [2.24, 2.45) is 22.8 Å². The second kappa shape index (κ2) is 7.90. The van der Waals surface area contributed by atoms with E-state index in [4.69, 9.17) is 53.6 Å². The molecule has 1 aromatic carbocycles. The summed E-state index contributed by atoms with van der Waals surface area (Å²) in [7, 11) is 0. The Hall–Kier alpha value is -0.700. The van der Waals surface area contributed by atoms with Gasteiger partial charge >= 0.3 is 0 Å². The first-order valence-corrected chi connectivity index (χ1v) is 12.7. The van der Waals surface area contributed by atoms with Crippen molar-refractivity contribution < 1.29 is 18.9 Å². The zero-order valence-electron chi connectivity index (χ0n) is 18.6. The molecule has 0 saturated carbocycles. The van der Waals surface area contributed by atoms with Crippen molar-refractivity contribution >= 4 is 23.2 Å². The smallest absolute Gasteiger partial charge is 0.101 e. The van der Waals surface area contributed by atoms with Crippen LogP contribution in [-0.4, -0.2) is 60.6 Å². The SMILES string of the molecule is NC(N)(c1ccccc1)C1(CC2CO2)C=CC(CC2CO2)C(Cl)(CC2CO2)C1(Cl)CC1CO1. The molecular weight excluding hydrogens is 463 g/mol. The van der Waals surface area contributed by atoms with Gasteiger partial charge in [0.2, 0.25) is 0 Å². The van der Waals surface area contributed by atoms with Crippen LogP contribution in [0.25, 0.3) is 0 Å². The lowest BCUT2D eigenvalue weighted by Gasteiger charge is -2.63. The number of halogens is 2. The van der Waals surface area contributed by atoms with Crippen molar-refractivity contribution in [2.45, 2.75) is 65.5 Å². The molecule has 4 N–H and O–H groups in total. The van der Waals surface area contributed by atoms with E-state index in [9.17, 15) is 0 Å². The highest BCUT2D eigenvalue weighted by atomic mass is 35.5. The maximum Gasteiger partial charge on any atom is 0.101 e. The second-order valence-electron chi connectivity index (χ2n) is 10.5. The predicted octanol–water partition coefficient (Wildman–Crippen LogP) is 3.04. The van der Waals surface area contributed by atoms with Gasteiger partial charge in [-0.15, -0.1) is 23.2 Å². The van der Waals surface area contributed by atoms with Gasteiger partial charge in [0.1, 0.15) is 5.66 Å². The van der Waals surface area contributed by atoms with Crippen LogP contribution in [-0.2, 0) is 24.6 Å². The lowest BCUT2D eigenvalue weighted by Crippen LogP contribution is -2.74. The second-order valence-corrected chi connectivity index (χ2v) is 11.8. The van der Waals surface area contributed by atoms with Gasteiger partial charge in [-0.3, -0.25) is 0 Å². The molecule has 33 heavy (non-hydrogen) atoms. The molecule has 8 atom stereocenters. The van der Waals surface area contributed by atoms with Gasteiger partial charge in [0.25, 0.3) is 0 Å². The van der Waals surface area contributed by atoms with Crippen LogP contribution in [0.15, 0.2) is 42.5 Å². The standard InChI is InChI=1S/C25H32Cl2N2O4/c26-23(10-20-14-32-20)17(8-18-12-30-18)6-7-22(9-19-13-31-19,24(23,27)11-21-15-33-21)25(28,29)16-4-2-1-3-5-16/h1-7,17-21H,8-15,28-29H2. The average molecular weight is 495 g/mol. The van der Waals surface area contributed by atoms with Crippen LogP contribution in [0, 0.1) is 11.3 Å². The van der Waals surface area contributed by atoms with E-state index in [2.05, 4.69) is 12.2 Å². The van der Waals surface area contributed by atoms with Gasteiger partial charge in [-0.05, 0) is 31.2 Å². The highest BCUT2D eigenvalue weighted by Gasteiger charge is 2.72. The summed E-state index contributed by atoms with van der Waals surface area (Å²) in [6.07, 6.45) is 7.35. The van der Waals surface area contributed by atoms with E-state index in [1.807, 2.05) is 30.3 Å². The number of ether oxygens (including phenoxy) is 4. The molecule has 0 spiro atoms. The van der Waals surface area contributed by atoms with Crippen LogP contribution in [0.1, 0.15) is 31.2 Å². The van der Waals surface area contributed by atoms with Crippen LogP contribution in [0.3, 0.4) is 0 Å². The minimum atomic E-state index is -1.28. The molecule has 180 valence electrons. The van der Waals surface area contributed by atoms with Crippen molar-refractivity contribution in [3.8, 4) is 0 Å². The molecule has 6 nitrogen and oxygen atoms in total. The molecule has 5 aliphatic rings. The van der Waals surface area contributed by atoms with Gasteiger partial charge in [0, 0.05) is 11.3 Å². The monoisotopic (exact) mass is 494 g/mol. The molecule has 0 bridgehead atoms. The lowest BCUT2D eigenvalue weighted by atomic mass is 9.51. The Morgan fingerprint density at radius 3 is 1.94 bits per heavy atom. The highest BCUT2D eigenvalue weighted by Crippen LogP contribution is 2.67. The van der Waals surface area contributed by atoms with E-state index < -0.39 is 20.8 Å². The maximum atomic E-state index is 7.94. The van der Waals surface area contributed by atoms with Gasteiger partial charge in [0.05, 0.1) is 60.6 Å². The summed E-state index contributed by atoms with van der Waals surface area (Å²) in [5, 5.41) is 0. The molecule has 1 aromatic rings. The van der Waals surface area contributed by atoms with Gasteiger partial charge in [0.15, 0.2) is 0 Å². The van der Waals surface area contributed by atoms with E-state index in [-0.39, 0.29) is 30.3 Å². The number of benzene rings is 1. The molecule has 0 aromatic heterocycles. The first kappa shape index (κ1) is 22.7. The number of alkyl halides is 2. The fourth-order valence-corrected chi connectivity index (χ4v) is 7.31. The van der Waals surface area contributed by atoms with Crippen LogP contribution >= 0.6 is 23.2 Å². The Morgan fingerprint density at radius 2 is 1.36 bits per heavy atom. The Labute approximate surface area is 204 Å². The van der Waals surface area contributed by atoms with E-state index in [1.54, 1.807) is 0 Å². The molecule has 4 heterocycles. The van der Waals surface area contributed by atoms with Crippen molar-refractivity contribution in [1.29, 1.82) is 0 Å². The average Bonchev–Trinajstić information content (AvgIpc) is 3.61. The largest absolute Gasteiger partial charge is 0.373 e. The Morgan fingerprint density at radius 1 is 0.818 bits per heavy atom. The minimum absolute atomic E-state index is 0.00642. The highest BCUT2D eigenvalue weighted by molar-refractivity contribution is 6.36. The number of allylic oxidation sites excluding steroid dienone is 1. The van der Waals surface area contributed by atoms with E-state index >= 15 is 0 Å². The van der Waals surface area contributed by atoms with Crippen LogP contribution in [0.2, 0.25) is 0 Å². The van der Waals surface area contributed by atoms with Crippen LogP contribution in [0.4, 0.5) is 0 Å². The zero-order valence-corrected chi connectivity index (χ0v) is 20.1. The molecule has 0 amide bonds. The zero-order chi connectivity index (χ0) is 22.9. The fraction of sp³-hybridized carbons (Fsp3) is 0.680. The van der Waals surface area contributed by atoms with Crippen LogP contribution in [0.5, 0.6) is 0 Å². The normalized spacial score (nSPS) is 45.6. The quantitative estimate of drug-likeness (QED) is 0.224. The molecule has 8 heteroatoms. The number of nitrogens with two attached hydrogens (primary N) is 2. The summed E-state index contributed by atoms with van der Waals surface area (Å²) in [5.74, 6) is 0.00642. The van der Waals surface area contributed by atoms with Gasteiger partial charge < -0.3 is 30.4 Å². The summed E-state index contributed by atoms with van der Waals surface area (Å²) >= 11 is 15.7. The summed E-state index contributed by atoms with van der Waals surface area (Å²) in [4.78, 5) is -1.83. The Balaban J connectivity index is 1.52. The van der Waals surface area contributed by atoms with E-state index in [0.717, 1.165) is 18.6 Å². The summed E-state index contributed by atoms with van der Waals surface area (Å²) in [6, 6.07) is 9.81. The lowest BCUT2D eigenvalue weighted by molar-refractivity contribution is 0.0287. The van der Waals surface area contributed by atoms with E-state index in [0.29, 0.717) is 39.1 Å². The summed E-state index contributed by atoms with van der Waals surface area (Å²) < 4.78 is 22.7.